The number of hydrogen-bond donors (Lipinski definition) is 2. The third-order valence-corrected chi connectivity index (χ3v) is 3.30. The lowest BCUT2D eigenvalue weighted by atomic mass is 10.2. The molecule has 0 spiro atoms. The number of carbonyl (C=O) groups is 1. The number of amides is 1. The van der Waals surface area contributed by atoms with Crippen molar-refractivity contribution in [3.63, 3.8) is 0 Å². The summed E-state index contributed by atoms with van der Waals surface area (Å²) in [5.41, 5.74) is 2.18. The molecule has 0 atom stereocenters. The summed E-state index contributed by atoms with van der Waals surface area (Å²) in [6.07, 6.45) is 1.71. The first-order valence-electron chi connectivity index (χ1n) is 5.73. The lowest BCUT2D eigenvalue weighted by molar-refractivity contribution is 0.0950. The maximum Gasteiger partial charge on any atom is 0.253 e. The van der Waals surface area contributed by atoms with Gasteiger partial charge in [0.15, 0.2) is 0 Å². The van der Waals surface area contributed by atoms with Crippen molar-refractivity contribution in [2.24, 2.45) is 7.05 Å². The van der Waals surface area contributed by atoms with Crippen molar-refractivity contribution >= 4 is 17.5 Å². The lowest BCUT2D eigenvalue weighted by Gasteiger charge is -2.07. The highest BCUT2D eigenvalue weighted by Gasteiger charge is 2.12. The normalized spacial score (nSPS) is 10.5. The molecule has 0 aliphatic heterocycles. The van der Waals surface area contributed by atoms with Crippen LogP contribution in [0.3, 0.4) is 0 Å². The van der Waals surface area contributed by atoms with Crippen LogP contribution >= 0.6 is 11.6 Å². The predicted molar refractivity (Wildman–Crippen MR) is 72.2 cm³/mol. The first-order chi connectivity index (χ1) is 8.99. The molecule has 0 aliphatic carbocycles. The van der Waals surface area contributed by atoms with Gasteiger partial charge in [-0.15, -0.1) is 0 Å². The van der Waals surface area contributed by atoms with Crippen molar-refractivity contribution in [3.8, 4) is 5.75 Å². The summed E-state index contributed by atoms with van der Waals surface area (Å²) in [7, 11) is 1.84. The summed E-state index contributed by atoms with van der Waals surface area (Å²) in [6.45, 7) is 2.29. The second-order valence-corrected chi connectivity index (χ2v) is 4.63. The van der Waals surface area contributed by atoms with E-state index in [1.807, 2.05) is 14.0 Å². The van der Waals surface area contributed by atoms with E-state index in [0.717, 1.165) is 11.3 Å². The second kappa shape index (κ2) is 5.32. The molecule has 2 rings (SSSR count). The minimum atomic E-state index is -0.329. The molecule has 0 radical (unpaired) electrons. The molecular formula is C13H14ClN3O2. The quantitative estimate of drug-likeness (QED) is 0.903. The zero-order valence-electron chi connectivity index (χ0n) is 10.6. The molecule has 2 N–H and O–H groups in total. The molecule has 19 heavy (non-hydrogen) atoms. The van der Waals surface area contributed by atoms with Crippen molar-refractivity contribution in [2.75, 3.05) is 0 Å². The second-order valence-electron chi connectivity index (χ2n) is 4.23. The summed E-state index contributed by atoms with van der Waals surface area (Å²) in [5.74, 6) is -0.323. The van der Waals surface area contributed by atoms with E-state index in [4.69, 9.17) is 11.6 Å². The molecule has 6 heteroatoms. The van der Waals surface area contributed by atoms with Gasteiger partial charge in [-0.05, 0) is 25.1 Å². The van der Waals surface area contributed by atoms with Crippen molar-refractivity contribution in [1.82, 2.24) is 15.1 Å². The number of aromatic nitrogens is 2. The van der Waals surface area contributed by atoms with Crippen LogP contribution in [0.2, 0.25) is 5.02 Å². The van der Waals surface area contributed by atoms with Crippen molar-refractivity contribution in [3.05, 3.63) is 46.2 Å². The first-order valence-corrected chi connectivity index (χ1v) is 6.11. The standard InChI is InChI=1S/C13H14ClN3O2/c1-8-9(7-16-17(8)2)6-15-13(19)11-5-10(18)3-4-12(11)14/h3-5,7,18H,6H2,1-2H3,(H,15,19). The average Bonchev–Trinajstić information content (AvgIpc) is 2.70. The maximum atomic E-state index is 12.0. The van der Waals surface area contributed by atoms with E-state index < -0.39 is 0 Å². The van der Waals surface area contributed by atoms with Gasteiger partial charge in [0.2, 0.25) is 0 Å². The number of phenols is 1. The Hall–Kier alpha value is -2.01. The summed E-state index contributed by atoms with van der Waals surface area (Å²) in [6, 6.07) is 4.26. The molecule has 1 heterocycles. The van der Waals surface area contributed by atoms with Crippen LogP contribution in [0.4, 0.5) is 0 Å². The smallest absolute Gasteiger partial charge is 0.253 e. The fourth-order valence-electron chi connectivity index (χ4n) is 1.68. The van der Waals surface area contributed by atoms with Crippen LogP contribution in [0.5, 0.6) is 5.75 Å². The van der Waals surface area contributed by atoms with Crippen LogP contribution in [0.15, 0.2) is 24.4 Å². The highest BCUT2D eigenvalue weighted by atomic mass is 35.5. The van der Waals surface area contributed by atoms with Crippen molar-refractivity contribution in [1.29, 1.82) is 0 Å². The van der Waals surface area contributed by atoms with Gasteiger partial charge in [0.25, 0.3) is 5.91 Å². The zero-order valence-corrected chi connectivity index (χ0v) is 11.4. The first kappa shape index (κ1) is 13.4. The zero-order chi connectivity index (χ0) is 14.0. The summed E-state index contributed by atoms with van der Waals surface area (Å²) >= 11 is 5.92. The number of aryl methyl sites for hydroxylation is 1. The topological polar surface area (TPSA) is 67.2 Å². The monoisotopic (exact) mass is 279 g/mol. The van der Waals surface area contributed by atoms with Gasteiger partial charge < -0.3 is 10.4 Å². The van der Waals surface area contributed by atoms with Gasteiger partial charge in [0.1, 0.15) is 5.75 Å². The lowest BCUT2D eigenvalue weighted by Crippen LogP contribution is -2.23. The van der Waals surface area contributed by atoms with E-state index in [9.17, 15) is 9.90 Å². The van der Waals surface area contributed by atoms with E-state index >= 15 is 0 Å². The molecule has 0 saturated carbocycles. The molecule has 0 saturated heterocycles. The molecule has 0 unspecified atom stereocenters. The van der Waals surface area contributed by atoms with E-state index in [1.165, 1.54) is 18.2 Å². The van der Waals surface area contributed by atoms with Gasteiger partial charge in [-0.3, -0.25) is 9.48 Å². The summed E-state index contributed by atoms with van der Waals surface area (Å²) < 4.78 is 1.74. The van der Waals surface area contributed by atoms with E-state index in [1.54, 1.807) is 10.9 Å². The number of phenolic OH excluding ortho intramolecular Hbond substituents is 1. The Balaban J connectivity index is 2.09. The molecule has 0 bridgehead atoms. The summed E-state index contributed by atoms with van der Waals surface area (Å²) in [5, 5.41) is 16.5. The SMILES string of the molecule is Cc1c(CNC(=O)c2cc(O)ccc2Cl)cnn1C. The van der Waals surface area contributed by atoms with E-state index in [-0.39, 0.29) is 17.2 Å². The van der Waals surface area contributed by atoms with Crippen LogP contribution in [-0.4, -0.2) is 20.8 Å². The highest BCUT2D eigenvalue weighted by Crippen LogP contribution is 2.21. The van der Waals surface area contributed by atoms with Crippen LogP contribution < -0.4 is 5.32 Å². The third-order valence-electron chi connectivity index (χ3n) is 2.97. The molecule has 5 nitrogen and oxygen atoms in total. The highest BCUT2D eigenvalue weighted by molar-refractivity contribution is 6.33. The fraction of sp³-hybridized carbons (Fsp3) is 0.231. The van der Waals surface area contributed by atoms with E-state index in [2.05, 4.69) is 10.4 Å². The summed E-state index contributed by atoms with van der Waals surface area (Å²) in [4.78, 5) is 12.0. The van der Waals surface area contributed by atoms with Crippen LogP contribution in [-0.2, 0) is 13.6 Å². The number of rotatable bonds is 3. The van der Waals surface area contributed by atoms with Gasteiger partial charge in [0, 0.05) is 24.8 Å². The molecule has 2 aromatic rings. The number of halogens is 1. The van der Waals surface area contributed by atoms with Crippen LogP contribution in [0, 0.1) is 6.92 Å². The Morgan fingerprint density at radius 1 is 1.53 bits per heavy atom. The van der Waals surface area contributed by atoms with Gasteiger partial charge in [-0.25, -0.2) is 0 Å². The number of nitrogens with one attached hydrogen (secondary N) is 1. The molecule has 0 fully saturated rings. The largest absolute Gasteiger partial charge is 0.508 e. The number of benzene rings is 1. The number of carbonyl (C=O) groups excluding carboxylic acids is 1. The Bertz CT molecular complexity index is 622. The fourth-order valence-corrected chi connectivity index (χ4v) is 1.88. The Morgan fingerprint density at radius 2 is 2.26 bits per heavy atom. The van der Waals surface area contributed by atoms with Crippen LogP contribution in [0.1, 0.15) is 21.6 Å². The average molecular weight is 280 g/mol. The number of hydrogen-bond acceptors (Lipinski definition) is 3. The minimum Gasteiger partial charge on any atom is -0.508 e. The van der Waals surface area contributed by atoms with Crippen LogP contribution in [0.25, 0.3) is 0 Å². The number of aromatic hydroxyl groups is 1. The number of nitrogens with zero attached hydrogens (tertiary/aromatic N) is 2. The molecule has 0 aliphatic rings. The third kappa shape index (κ3) is 2.88. The Morgan fingerprint density at radius 3 is 2.89 bits per heavy atom. The van der Waals surface area contributed by atoms with Gasteiger partial charge in [-0.2, -0.15) is 5.10 Å². The van der Waals surface area contributed by atoms with Crippen molar-refractivity contribution in [2.45, 2.75) is 13.5 Å². The molecule has 100 valence electrons. The molecular weight excluding hydrogens is 266 g/mol. The predicted octanol–water partition coefficient (Wildman–Crippen LogP) is 2.02. The van der Waals surface area contributed by atoms with E-state index in [0.29, 0.717) is 11.6 Å². The molecule has 1 aromatic heterocycles. The Kier molecular flexibility index (Phi) is 3.76. The van der Waals surface area contributed by atoms with Crippen molar-refractivity contribution < 1.29 is 9.90 Å². The van der Waals surface area contributed by atoms with Gasteiger partial charge >= 0.3 is 0 Å². The van der Waals surface area contributed by atoms with Gasteiger partial charge in [-0.1, -0.05) is 11.6 Å². The van der Waals surface area contributed by atoms with Gasteiger partial charge in [0.05, 0.1) is 16.8 Å². The maximum absolute atomic E-state index is 12.0. The molecule has 1 amide bonds. The minimum absolute atomic E-state index is 0.00658. The molecule has 1 aromatic carbocycles. The Labute approximate surface area is 115 Å².